The number of benzene rings is 1. The van der Waals surface area contributed by atoms with Crippen molar-refractivity contribution in [2.75, 3.05) is 23.8 Å². The highest BCUT2D eigenvalue weighted by Crippen LogP contribution is 2.25. The number of aromatic nitrogens is 2. The summed E-state index contributed by atoms with van der Waals surface area (Å²) >= 11 is 11.9. The topological polar surface area (TPSA) is 58.1 Å². The first-order valence-corrected chi connectivity index (χ1v) is 8.08. The Morgan fingerprint density at radius 3 is 2.65 bits per heavy atom. The van der Waals surface area contributed by atoms with Crippen LogP contribution in [0.1, 0.15) is 30.3 Å². The minimum atomic E-state index is -0.385. The first kappa shape index (κ1) is 17.5. The maximum Gasteiger partial charge on any atom is 0.276 e. The minimum Gasteiger partial charge on any atom is -0.358 e. The highest BCUT2D eigenvalue weighted by Gasteiger charge is 2.12. The molecule has 1 heterocycles. The van der Waals surface area contributed by atoms with E-state index in [1.807, 2.05) is 11.9 Å². The Morgan fingerprint density at radius 1 is 1.22 bits per heavy atom. The first-order valence-electron chi connectivity index (χ1n) is 7.32. The molecule has 0 saturated heterocycles. The van der Waals surface area contributed by atoms with Gasteiger partial charge in [-0.25, -0.2) is 0 Å². The van der Waals surface area contributed by atoms with Gasteiger partial charge in [0.15, 0.2) is 11.5 Å². The molecule has 0 radical (unpaired) electrons. The fourth-order valence-electron chi connectivity index (χ4n) is 1.94. The standard InChI is InChI=1S/C16H18Cl2N4O/c1-3-4-9-22(2)15-8-7-13(20-21-15)16(23)19-14-10-11(17)5-6-12(14)18/h5-8,10H,3-4,9H2,1-2H3,(H,19,23). The quantitative estimate of drug-likeness (QED) is 0.843. The summed E-state index contributed by atoms with van der Waals surface area (Å²) in [6.07, 6.45) is 2.19. The molecule has 0 spiro atoms. The lowest BCUT2D eigenvalue weighted by Gasteiger charge is -2.16. The SMILES string of the molecule is CCCCN(C)c1ccc(C(=O)Nc2cc(Cl)ccc2Cl)nn1. The third-order valence-electron chi connectivity index (χ3n) is 3.30. The van der Waals surface area contributed by atoms with Crippen LogP contribution in [0.15, 0.2) is 30.3 Å². The number of halogens is 2. The Kier molecular flexibility index (Phi) is 6.19. The molecule has 0 saturated carbocycles. The zero-order valence-corrected chi connectivity index (χ0v) is 14.5. The maximum absolute atomic E-state index is 12.2. The Labute approximate surface area is 145 Å². The van der Waals surface area contributed by atoms with E-state index in [9.17, 15) is 4.79 Å². The third-order valence-corrected chi connectivity index (χ3v) is 3.86. The van der Waals surface area contributed by atoms with Crippen LogP contribution in [0.3, 0.4) is 0 Å². The lowest BCUT2D eigenvalue weighted by Crippen LogP contribution is -2.21. The molecule has 2 aromatic rings. The van der Waals surface area contributed by atoms with Crippen LogP contribution in [0.4, 0.5) is 11.5 Å². The predicted molar refractivity (Wildman–Crippen MR) is 94.6 cm³/mol. The van der Waals surface area contributed by atoms with Crippen molar-refractivity contribution in [2.24, 2.45) is 0 Å². The van der Waals surface area contributed by atoms with Gasteiger partial charge in [0.25, 0.3) is 5.91 Å². The van der Waals surface area contributed by atoms with E-state index in [0.717, 1.165) is 25.2 Å². The summed E-state index contributed by atoms with van der Waals surface area (Å²) in [6, 6.07) is 8.27. The fraction of sp³-hybridized carbons (Fsp3) is 0.312. The molecule has 7 heteroatoms. The molecule has 0 fully saturated rings. The largest absolute Gasteiger partial charge is 0.358 e. The summed E-state index contributed by atoms with van der Waals surface area (Å²) in [5.41, 5.74) is 0.656. The maximum atomic E-state index is 12.2. The van der Waals surface area contributed by atoms with Gasteiger partial charge in [-0.2, -0.15) is 0 Å². The number of carbonyl (C=O) groups is 1. The average Bonchev–Trinajstić information content (AvgIpc) is 2.56. The second kappa shape index (κ2) is 8.13. The predicted octanol–water partition coefficient (Wildman–Crippen LogP) is 4.27. The first-order chi connectivity index (χ1) is 11.0. The molecular formula is C16H18Cl2N4O. The van der Waals surface area contributed by atoms with E-state index in [1.165, 1.54) is 0 Å². The molecule has 0 aliphatic heterocycles. The van der Waals surface area contributed by atoms with E-state index in [-0.39, 0.29) is 11.6 Å². The normalized spacial score (nSPS) is 10.4. The van der Waals surface area contributed by atoms with Crippen LogP contribution < -0.4 is 10.2 Å². The number of hydrogen-bond acceptors (Lipinski definition) is 4. The molecule has 1 aromatic heterocycles. The highest BCUT2D eigenvalue weighted by molar-refractivity contribution is 6.35. The number of carbonyl (C=O) groups excluding carboxylic acids is 1. The summed E-state index contributed by atoms with van der Waals surface area (Å²) in [6.45, 7) is 3.03. The Balaban J connectivity index is 2.07. The van der Waals surface area contributed by atoms with Crippen LogP contribution in [-0.4, -0.2) is 29.7 Å². The van der Waals surface area contributed by atoms with Crippen LogP contribution >= 0.6 is 23.2 Å². The van der Waals surface area contributed by atoms with Gasteiger partial charge in [0.05, 0.1) is 10.7 Å². The van der Waals surface area contributed by atoms with E-state index in [0.29, 0.717) is 15.7 Å². The molecule has 0 bridgehead atoms. The molecule has 23 heavy (non-hydrogen) atoms. The van der Waals surface area contributed by atoms with E-state index < -0.39 is 0 Å². The van der Waals surface area contributed by atoms with E-state index in [4.69, 9.17) is 23.2 Å². The van der Waals surface area contributed by atoms with Crippen LogP contribution in [-0.2, 0) is 0 Å². The monoisotopic (exact) mass is 352 g/mol. The van der Waals surface area contributed by atoms with Crippen LogP contribution in [0, 0.1) is 0 Å². The molecule has 0 aliphatic carbocycles. The second-order valence-corrected chi connectivity index (χ2v) is 5.97. The summed E-state index contributed by atoms with van der Waals surface area (Å²) < 4.78 is 0. The van der Waals surface area contributed by atoms with Crippen molar-refractivity contribution < 1.29 is 4.79 Å². The van der Waals surface area contributed by atoms with Crippen molar-refractivity contribution >= 4 is 40.6 Å². The molecule has 1 aromatic carbocycles. The molecule has 0 unspecified atom stereocenters. The van der Waals surface area contributed by atoms with E-state index in [1.54, 1.807) is 30.3 Å². The molecular weight excluding hydrogens is 335 g/mol. The number of anilines is 2. The van der Waals surface area contributed by atoms with Gasteiger partial charge in [0, 0.05) is 18.6 Å². The number of hydrogen-bond donors (Lipinski definition) is 1. The van der Waals surface area contributed by atoms with Crippen molar-refractivity contribution in [2.45, 2.75) is 19.8 Å². The number of amides is 1. The highest BCUT2D eigenvalue weighted by atomic mass is 35.5. The molecule has 122 valence electrons. The van der Waals surface area contributed by atoms with Crippen LogP contribution in [0.5, 0.6) is 0 Å². The molecule has 1 N–H and O–H groups in total. The van der Waals surface area contributed by atoms with Crippen LogP contribution in [0.25, 0.3) is 0 Å². The fourth-order valence-corrected chi connectivity index (χ4v) is 2.28. The summed E-state index contributed by atoms with van der Waals surface area (Å²) in [4.78, 5) is 14.2. The second-order valence-electron chi connectivity index (χ2n) is 5.13. The smallest absolute Gasteiger partial charge is 0.276 e. The van der Waals surface area contributed by atoms with Gasteiger partial charge in [0.2, 0.25) is 0 Å². The number of nitrogens with zero attached hydrogens (tertiary/aromatic N) is 3. The zero-order valence-electron chi connectivity index (χ0n) is 13.0. The summed E-state index contributed by atoms with van der Waals surface area (Å²) in [5, 5.41) is 11.6. The molecule has 1 amide bonds. The Morgan fingerprint density at radius 2 is 2.00 bits per heavy atom. The van der Waals surface area contributed by atoms with Crippen LogP contribution in [0.2, 0.25) is 10.0 Å². The number of nitrogens with one attached hydrogen (secondary N) is 1. The summed E-state index contributed by atoms with van der Waals surface area (Å²) in [5.74, 6) is 0.347. The van der Waals surface area contributed by atoms with E-state index in [2.05, 4.69) is 22.4 Å². The van der Waals surface area contributed by atoms with Crippen molar-refractivity contribution in [1.29, 1.82) is 0 Å². The molecule has 2 rings (SSSR count). The lowest BCUT2D eigenvalue weighted by molar-refractivity contribution is 0.102. The third kappa shape index (κ3) is 4.81. The Hall–Kier alpha value is -1.85. The van der Waals surface area contributed by atoms with Crippen molar-refractivity contribution in [3.63, 3.8) is 0 Å². The average molecular weight is 353 g/mol. The zero-order chi connectivity index (χ0) is 16.8. The van der Waals surface area contributed by atoms with Gasteiger partial charge in [-0.3, -0.25) is 4.79 Å². The lowest BCUT2D eigenvalue weighted by atomic mass is 10.3. The number of unbranched alkanes of at least 4 members (excludes halogenated alkanes) is 1. The number of rotatable bonds is 6. The van der Waals surface area contributed by atoms with Gasteiger partial charge in [-0.15, -0.1) is 10.2 Å². The minimum absolute atomic E-state index is 0.216. The molecule has 0 atom stereocenters. The van der Waals surface area contributed by atoms with Gasteiger partial charge in [-0.1, -0.05) is 36.5 Å². The van der Waals surface area contributed by atoms with Crippen molar-refractivity contribution in [1.82, 2.24) is 10.2 Å². The molecule has 5 nitrogen and oxygen atoms in total. The van der Waals surface area contributed by atoms with Gasteiger partial charge in [0.1, 0.15) is 0 Å². The van der Waals surface area contributed by atoms with Gasteiger partial charge < -0.3 is 10.2 Å². The van der Waals surface area contributed by atoms with Crippen molar-refractivity contribution in [3.8, 4) is 0 Å². The Bertz CT molecular complexity index is 676. The van der Waals surface area contributed by atoms with Gasteiger partial charge in [-0.05, 0) is 36.8 Å². The van der Waals surface area contributed by atoms with Gasteiger partial charge >= 0.3 is 0 Å². The van der Waals surface area contributed by atoms with Crippen molar-refractivity contribution in [3.05, 3.63) is 46.1 Å². The molecule has 0 aliphatic rings. The summed E-state index contributed by atoms with van der Waals surface area (Å²) in [7, 11) is 1.95. The van der Waals surface area contributed by atoms with E-state index >= 15 is 0 Å².